The molecule has 0 spiro atoms. The number of ether oxygens (including phenoxy) is 1. The number of aliphatic hydroxyl groups excluding tert-OH is 1. The van der Waals surface area contributed by atoms with Gasteiger partial charge in [-0.15, -0.1) is 0 Å². The fraction of sp³-hybridized carbons (Fsp3) is 0.741. The van der Waals surface area contributed by atoms with Gasteiger partial charge in [0.05, 0.1) is 13.2 Å². The molecule has 0 radical (unpaired) electrons. The summed E-state index contributed by atoms with van der Waals surface area (Å²) in [5.74, 6) is -2.45. The largest absolute Gasteiger partial charge is 0.480 e. The van der Waals surface area contributed by atoms with Gasteiger partial charge in [0.25, 0.3) is 0 Å². The van der Waals surface area contributed by atoms with Gasteiger partial charge >= 0.3 is 19.8 Å². The van der Waals surface area contributed by atoms with Crippen LogP contribution in [0.25, 0.3) is 0 Å². The molecule has 0 aromatic carbocycles. The third kappa shape index (κ3) is 23.6. The smallest absolute Gasteiger partial charge is 0.472 e. The number of aliphatic hydroxyl groups is 1. The van der Waals surface area contributed by atoms with E-state index in [2.05, 4.69) is 45.6 Å². The number of hydrogen-bond acceptors (Lipinski definition) is 8. The summed E-state index contributed by atoms with van der Waals surface area (Å²) < 4.78 is 26.2. The van der Waals surface area contributed by atoms with Crippen molar-refractivity contribution in [3.63, 3.8) is 0 Å². The molecular formula is C27H48NO10P. The van der Waals surface area contributed by atoms with Crippen LogP contribution >= 0.6 is 7.82 Å². The van der Waals surface area contributed by atoms with E-state index < -0.39 is 57.6 Å². The Labute approximate surface area is 232 Å². The number of phosphoric acid groups is 1. The average molecular weight is 578 g/mol. The minimum Gasteiger partial charge on any atom is -0.480 e. The average Bonchev–Trinajstić information content (AvgIpc) is 2.89. The van der Waals surface area contributed by atoms with Crippen LogP contribution in [0.1, 0.15) is 97.3 Å². The van der Waals surface area contributed by atoms with Crippen molar-refractivity contribution < 1.29 is 47.8 Å². The molecule has 3 atom stereocenters. The molecule has 0 aliphatic carbocycles. The minimum absolute atomic E-state index is 0.119. The number of carboxylic acids is 1. The number of carbonyl (C=O) groups excluding carboxylic acids is 2. The van der Waals surface area contributed by atoms with Crippen molar-refractivity contribution in [1.82, 2.24) is 5.32 Å². The van der Waals surface area contributed by atoms with Crippen LogP contribution < -0.4 is 5.32 Å². The Morgan fingerprint density at radius 3 is 2.13 bits per heavy atom. The molecule has 0 heterocycles. The topological polar surface area (TPSA) is 169 Å². The van der Waals surface area contributed by atoms with Crippen molar-refractivity contribution in [1.29, 1.82) is 0 Å². The number of rotatable bonds is 25. The first-order valence-electron chi connectivity index (χ1n) is 13.9. The van der Waals surface area contributed by atoms with E-state index >= 15 is 0 Å². The first-order valence-corrected chi connectivity index (χ1v) is 15.4. The number of unbranched alkanes of at least 4 members (excludes halogenated alkanes) is 7. The Kier molecular flexibility index (Phi) is 22.6. The number of phosphoric ester groups is 1. The van der Waals surface area contributed by atoms with E-state index in [-0.39, 0.29) is 12.8 Å². The van der Waals surface area contributed by atoms with E-state index in [0.717, 1.165) is 51.4 Å². The highest BCUT2D eigenvalue weighted by Gasteiger charge is 2.28. The molecule has 0 aliphatic heterocycles. The van der Waals surface area contributed by atoms with Crippen molar-refractivity contribution in [3.8, 4) is 0 Å². The lowest BCUT2D eigenvalue weighted by atomic mass is 10.1. The standard InChI is InChI=1S/C27H48NO10P/c1-3-5-7-8-9-10-11-12-13-14-15-16-17-19-26(31)36-20-23(29)21-37-39(34,35)38-22-24(27(32)33)28-25(30)18-6-4-2/h7-8,10-11,23-24,29H,3-6,9,12-22H2,1-2H3,(H,28,30)(H,32,33)(H,34,35)/b8-7-,11-10-. The lowest BCUT2D eigenvalue weighted by Gasteiger charge is -2.18. The Balaban J connectivity index is 3.97. The molecule has 0 rings (SSSR count). The van der Waals surface area contributed by atoms with E-state index in [1.54, 1.807) is 0 Å². The van der Waals surface area contributed by atoms with Gasteiger partial charge in [-0.05, 0) is 38.5 Å². The Bertz CT molecular complexity index is 787. The normalized spacial score (nSPS) is 14.8. The first-order chi connectivity index (χ1) is 18.6. The van der Waals surface area contributed by atoms with Crippen LogP contribution in [0.3, 0.4) is 0 Å². The van der Waals surface area contributed by atoms with Gasteiger partial charge in [-0.25, -0.2) is 9.36 Å². The summed E-state index contributed by atoms with van der Waals surface area (Å²) in [6, 6.07) is -1.54. The van der Waals surface area contributed by atoms with E-state index in [4.69, 9.17) is 9.84 Å². The number of hydrogen-bond donors (Lipinski definition) is 4. The fourth-order valence-electron chi connectivity index (χ4n) is 3.21. The number of amides is 1. The zero-order valence-electron chi connectivity index (χ0n) is 23.4. The number of carbonyl (C=O) groups is 3. The summed E-state index contributed by atoms with van der Waals surface area (Å²) in [4.78, 5) is 44.5. The summed E-state index contributed by atoms with van der Waals surface area (Å²) in [5, 5.41) is 21.2. The Morgan fingerprint density at radius 2 is 1.46 bits per heavy atom. The van der Waals surface area contributed by atoms with E-state index in [9.17, 15) is 28.9 Å². The molecule has 0 aliphatic rings. The maximum atomic E-state index is 12.0. The molecule has 4 N–H and O–H groups in total. The maximum absolute atomic E-state index is 12.0. The summed E-state index contributed by atoms with van der Waals surface area (Å²) in [5.41, 5.74) is 0. The van der Waals surface area contributed by atoms with Crippen LogP contribution in [0.2, 0.25) is 0 Å². The number of aliphatic carboxylic acids is 1. The molecule has 0 bridgehead atoms. The highest BCUT2D eigenvalue weighted by molar-refractivity contribution is 7.47. The van der Waals surface area contributed by atoms with Gasteiger partial charge in [0.2, 0.25) is 5.91 Å². The van der Waals surface area contributed by atoms with Gasteiger partial charge < -0.3 is 25.2 Å². The van der Waals surface area contributed by atoms with Gasteiger partial charge in [0, 0.05) is 12.8 Å². The molecule has 0 saturated carbocycles. The van der Waals surface area contributed by atoms with Crippen LogP contribution in [-0.4, -0.2) is 64.9 Å². The van der Waals surface area contributed by atoms with E-state index in [1.165, 1.54) is 6.42 Å². The third-order valence-electron chi connectivity index (χ3n) is 5.47. The van der Waals surface area contributed by atoms with Gasteiger partial charge in [-0.3, -0.25) is 18.6 Å². The lowest BCUT2D eigenvalue weighted by Crippen LogP contribution is -2.43. The van der Waals surface area contributed by atoms with E-state index in [0.29, 0.717) is 12.8 Å². The molecule has 12 heteroatoms. The highest BCUT2D eigenvalue weighted by Crippen LogP contribution is 2.43. The van der Waals surface area contributed by atoms with E-state index in [1.807, 2.05) is 6.92 Å². The second-order valence-electron chi connectivity index (χ2n) is 9.23. The van der Waals surface area contributed by atoms with Gasteiger partial charge in [-0.1, -0.05) is 70.3 Å². The number of carboxylic acid groups (broad SMARTS) is 1. The molecule has 0 aromatic heterocycles. The molecule has 1 amide bonds. The molecular weight excluding hydrogens is 529 g/mol. The molecule has 0 aromatic rings. The SMILES string of the molecule is CCC/C=C\C/C=C\CCCCCCCC(=O)OCC(O)COP(=O)(O)OCC(NC(=O)CCCC)C(=O)O. The molecule has 3 unspecified atom stereocenters. The summed E-state index contributed by atoms with van der Waals surface area (Å²) in [7, 11) is -4.72. The predicted molar refractivity (Wildman–Crippen MR) is 148 cm³/mol. The minimum atomic E-state index is -4.72. The maximum Gasteiger partial charge on any atom is 0.472 e. The van der Waals surface area contributed by atoms with Crippen LogP contribution in [0.4, 0.5) is 0 Å². The van der Waals surface area contributed by atoms with Crippen molar-refractivity contribution in [2.75, 3.05) is 19.8 Å². The fourth-order valence-corrected chi connectivity index (χ4v) is 3.98. The molecule has 0 saturated heterocycles. The molecule has 226 valence electrons. The van der Waals surface area contributed by atoms with Crippen molar-refractivity contribution >= 4 is 25.7 Å². The zero-order chi connectivity index (χ0) is 29.4. The van der Waals surface area contributed by atoms with Gasteiger partial charge in [-0.2, -0.15) is 0 Å². The summed E-state index contributed by atoms with van der Waals surface area (Å²) in [6.45, 7) is 2.12. The molecule has 39 heavy (non-hydrogen) atoms. The van der Waals surface area contributed by atoms with Crippen LogP contribution in [0.15, 0.2) is 24.3 Å². The first kappa shape index (κ1) is 37.0. The summed E-state index contributed by atoms with van der Waals surface area (Å²) in [6.07, 6.45) is 18.1. The summed E-state index contributed by atoms with van der Waals surface area (Å²) >= 11 is 0. The number of nitrogens with one attached hydrogen (secondary N) is 1. The monoisotopic (exact) mass is 577 g/mol. The Hall–Kier alpha value is -2.04. The second-order valence-corrected chi connectivity index (χ2v) is 10.7. The Morgan fingerprint density at radius 1 is 0.821 bits per heavy atom. The van der Waals surface area contributed by atoms with Crippen LogP contribution in [0, 0.1) is 0 Å². The molecule has 11 nitrogen and oxygen atoms in total. The van der Waals surface area contributed by atoms with Crippen LogP contribution in [0.5, 0.6) is 0 Å². The third-order valence-corrected chi connectivity index (χ3v) is 6.43. The predicted octanol–water partition coefficient (Wildman–Crippen LogP) is 4.82. The lowest BCUT2D eigenvalue weighted by molar-refractivity contribution is -0.147. The van der Waals surface area contributed by atoms with Gasteiger partial charge in [0.15, 0.2) is 6.04 Å². The van der Waals surface area contributed by atoms with Crippen LogP contribution in [-0.2, 0) is 32.7 Å². The highest BCUT2D eigenvalue weighted by atomic mass is 31.2. The van der Waals surface area contributed by atoms with Gasteiger partial charge in [0.1, 0.15) is 12.7 Å². The zero-order valence-corrected chi connectivity index (χ0v) is 24.3. The van der Waals surface area contributed by atoms with Crippen molar-refractivity contribution in [3.05, 3.63) is 24.3 Å². The quantitative estimate of drug-likeness (QED) is 0.0511. The number of esters is 1. The number of allylic oxidation sites excluding steroid dienone is 4. The van der Waals surface area contributed by atoms with Crippen molar-refractivity contribution in [2.24, 2.45) is 0 Å². The van der Waals surface area contributed by atoms with Crippen molar-refractivity contribution in [2.45, 2.75) is 109 Å². The second kappa shape index (κ2) is 23.8. The molecule has 0 fully saturated rings.